The molecule has 0 aliphatic carbocycles. The predicted octanol–water partition coefficient (Wildman–Crippen LogP) is 5.18. The average molecular weight is 244 g/mol. The zero-order valence-electron chi connectivity index (χ0n) is 12.3. The van der Waals surface area contributed by atoms with Crippen molar-refractivity contribution < 1.29 is 4.79 Å². The van der Waals surface area contributed by atoms with Crippen molar-refractivity contribution in [3.63, 3.8) is 0 Å². The molecule has 1 aromatic carbocycles. The summed E-state index contributed by atoms with van der Waals surface area (Å²) in [5.41, 5.74) is 6.16. The third-order valence-electron chi connectivity index (χ3n) is 3.46. The molecule has 0 bridgehead atoms. The van der Waals surface area contributed by atoms with E-state index in [0.29, 0.717) is 0 Å². The zero-order chi connectivity index (χ0) is 13.7. The van der Waals surface area contributed by atoms with Crippen LogP contribution in [0.1, 0.15) is 68.4 Å². The molecule has 0 saturated carbocycles. The summed E-state index contributed by atoms with van der Waals surface area (Å²) in [6.45, 7) is 10.4. The normalized spacial score (nSPS) is 12.3. The van der Waals surface area contributed by atoms with E-state index in [1.807, 2.05) is 6.07 Å². The summed E-state index contributed by atoms with van der Waals surface area (Å²) in [5.74, 6) is 0.139. The summed E-state index contributed by atoms with van der Waals surface area (Å²) >= 11 is 0. The maximum Gasteiger partial charge on any atom is 0.159 e. The monoisotopic (exact) mass is 244 g/mol. The van der Waals surface area contributed by atoms with Gasteiger partial charge < -0.3 is 0 Å². The van der Waals surface area contributed by atoms with Crippen LogP contribution in [0.3, 0.4) is 0 Å². The van der Waals surface area contributed by atoms with E-state index in [1.165, 1.54) is 28.7 Å². The fourth-order valence-electron chi connectivity index (χ4n) is 2.41. The van der Waals surface area contributed by atoms with Crippen molar-refractivity contribution in [3.05, 3.63) is 40.5 Å². The van der Waals surface area contributed by atoms with E-state index in [1.54, 1.807) is 6.92 Å². The van der Waals surface area contributed by atoms with Crippen LogP contribution in [0.4, 0.5) is 0 Å². The molecule has 1 nitrogen and oxygen atoms in total. The Balaban J connectivity index is 3.33. The second kappa shape index (κ2) is 6.53. The number of carbonyl (C=O) groups is 1. The first-order valence-electron chi connectivity index (χ1n) is 6.81. The highest BCUT2D eigenvalue weighted by molar-refractivity contribution is 5.95. The lowest BCUT2D eigenvalue weighted by Gasteiger charge is -2.14. The Morgan fingerprint density at radius 2 is 1.83 bits per heavy atom. The van der Waals surface area contributed by atoms with Gasteiger partial charge in [-0.1, -0.05) is 38.0 Å². The third kappa shape index (κ3) is 3.32. The summed E-state index contributed by atoms with van der Waals surface area (Å²) in [7, 11) is 0. The summed E-state index contributed by atoms with van der Waals surface area (Å²) in [6, 6.07) is 6.03. The molecule has 0 aliphatic heterocycles. The van der Waals surface area contributed by atoms with Crippen molar-refractivity contribution in [1.29, 1.82) is 0 Å². The van der Waals surface area contributed by atoms with E-state index in [2.05, 4.69) is 39.8 Å². The van der Waals surface area contributed by atoms with Gasteiger partial charge in [-0.05, 0) is 56.4 Å². The van der Waals surface area contributed by atoms with Gasteiger partial charge in [-0.15, -0.1) is 0 Å². The number of rotatable bonds is 5. The van der Waals surface area contributed by atoms with Crippen LogP contribution >= 0.6 is 0 Å². The van der Waals surface area contributed by atoms with Crippen molar-refractivity contribution in [1.82, 2.24) is 0 Å². The molecule has 1 rings (SSSR count). The molecular weight excluding hydrogens is 220 g/mol. The Bertz CT molecular complexity index is 466. The molecule has 0 fully saturated rings. The molecule has 0 spiro atoms. The zero-order valence-corrected chi connectivity index (χ0v) is 12.3. The summed E-state index contributed by atoms with van der Waals surface area (Å²) < 4.78 is 0. The molecule has 0 saturated heterocycles. The van der Waals surface area contributed by atoms with Gasteiger partial charge in [0, 0.05) is 5.56 Å². The minimum atomic E-state index is 0.139. The molecule has 18 heavy (non-hydrogen) atoms. The van der Waals surface area contributed by atoms with Crippen LogP contribution in [0.2, 0.25) is 0 Å². The van der Waals surface area contributed by atoms with Crippen LogP contribution in [0.25, 0.3) is 5.57 Å². The first-order chi connectivity index (χ1) is 8.51. The quantitative estimate of drug-likeness (QED) is 0.652. The fraction of sp³-hybridized carbons (Fsp3) is 0.471. The third-order valence-corrected chi connectivity index (χ3v) is 3.46. The Hall–Kier alpha value is -1.37. The van der Waals surface area contributed by atoms with Gasteiger partial charge in [-0.25, -0.2) is 0 Å². The second-order valence-corrected chi connectivity index (χ2v) is 4.95. The minimum Gasteiger partial charge on any atom is -0.295 e. The Labute approximate surface area is 111 Å². The van der Waals surface area contributed by atoms with Gasteiger partial charge in [-0.2, -0.15) is 0 Å². The van der Waals surface area contributed by atoms with E-state index in [9.17, 15) is 4.79 Å². The van der Waals surface area contributed by atoms with Crippen LogP contribution in [-0.2, 0) is 0 Å². The Kier molecular flexibility index (Phi) is 5.33. The number of hydrogen-bond acceptors (Lipinski definition) is 1. The van der Waals surface area contributed by atoms with Crippen molar-refractivity contribution >= 4 is 11.4 Å². The first kappa shape index (κ1) is 14.7. The molecule has 0 atom stereocenters. The van der Waals surface area contributed by atoms with Gasteiger partial charge in [0.15, 0.2) is 5.78 Å². The summed E-state index contributed by atoms with van der Waals surface area (Å²) in [5, 5.41) is 0. The smallest absolute Gasteiger partial charge is 0.159 e. The lowest BCUT2D eigenvalue weighted by atomic mass is 9.91. The second-order valence-electron chi connectivity index (χ2n) is 4.95. The van der Waals surface area contributed by atoms with Crippen molar-refractivity contribution in [2.45, 2.75) is 53.9 Å². The topological polar surface area (TPSA) is 17.1 Å². The van der Waals surface area contributed by atoms with Crippen molar-refractivity contribution in [2.75, 3.05) is 0 Å². The average Bonchev–Trinajstić information content (AvgIpc) is 2.32. The summed E-state index contributed by atoms with van der Waals surface area (Å²) in [4.78, 5) is 11.5. The summed E-state index contributed by atoms with van der Waals surface area (Å²) in [6.07, 6.45) is 3.32. The lowest BCUT2D eigenvalue weighted by Crippen LogP contribution is -1.98. The maximum absolute atomic E-state index is 11.5. The highest BCUT2D eigenvalue weighted by Gasteiger charge is 2.09. The number of carbonyl (C=O) groups excluding carboxylic acids is 1. The van der Waals surface area contributed by atoms with Gasteiger partial charge in [0.25, 0.3) is 0 Å². The Morgan fingerprint density at radius 3 is 2.33 bits per heavy atom. The van der Waals surface area contributed by atoms with Crippen molar-refractivity contribution in [3.8, 4) is 0 Å². The van der Waals surface area contributed by atoms with E-state index in [0.717, 1.165) is 18.4 Å². The van der Waals surface area contributed by atoms with Crippen LogP contribution in [-0.4, -0.2) is 5.78 Å². The molecule has 0 radical (unpaired) electrons. The van der Waals surface area contributed by atoms with E-state index in [-0.39, 0.29) is 5.78 Å². The lowest BCUT2D eigenvalue weighted by molar-refractivity contribution is 0.101. The number of benzene rings is 1. The predicted molar refractivity (Wildman–Crippen MR) is 79.0 cm³/mol. The molecule has 0 unspecified atom stereocenters. The van der Waals surface area contributed by atoms with Crippen LogP contribution in [0.5, 0.6) is 0 Å². The van der Waals surface area contributed by atoms with E-state index in [4.69, 9.17) is 0 Å². The molecular formula is C17H24O. The SMILES string of the molecule is CCC/C(C)=C(\CC)c1cc(C(C)=O)ccc1C. The molecule has 0 aromatic heterocycles. The number of aryl methyl sites for hydroxylation is 1. The van der Waals surface area contributed by atoms with Gasteiger partial charge >= 0.3 is 0 Å². The van der Waals surface area contributed by atoms with E-state index >= 15 is 0 Å². The molecule has 0 heterocycles. The van der Waals surface area contributed by atoms with Crippen LogP contribution in [0, 0.1) is 6.92 Å². The highest BCUT2D eigenvalue weighted by Crippen LogP contribution is 2.28. The maximum atomic E-state index is 11.5. The minimum absolute atomic E-state index is 0.139. The molecule has 1 aromatic rings. The van der Waals surface area contributed by atoms with Gasteiger partial charge in [0.2, 0.25) is 0 Å². The van der Waals surface area contributed by atoms with Gasteiger partial charge in [-0.3, -0.25) is 4.79 Å². The standard InChI is InChI=1S/C17H24O/c1-6-8-12(3)16(7-2)17-11-15(14(5)18)10-9-13(17)4/h9-11H,6-8H2,1-5H3/b16-12+. The molecule has 98 valence electrons. The first-order valence-corrected chi connectivity index (χ1v) is 6.81. The van der Waals surface area contributed by atoms with Crippen LogP contribution < -0.4 is 0 Å². The van der Waals surface area contributed by atoms with Crippen LogP contribution in [0.15, 0.2) is 23.8 Å². The van der Waals surface area contributed by atoms with E-state index < -0.39 is 0 Å². The number of allylic oxidation sites excluding steroid dienone is 2. The fourth-order valence-corrected chi connectivity index (χ4v) is 2.41. The highest BCUT2D eigenvalue weighted by atomic mass is 16.1. The van der Waals surface area contributed by atoms with Gasteiger partial charge in [0.05, 0.1) is 0 Å². The van der Waals surface area contributed by atoms with Gasteiger partial charge in [0.1, 0.15) is 0 Å². The number of ketones is 1. The largest absolute Gasteiger partial charge is 0.295 e. The molecule has 0 amide bonds. The molecule has 1 heteroatoms. The molecule has 0 N–H and O–H groups in total. The Morgan fingerprint density at radius 1 is 1.17 bits per heavy atom. The number of hydrogen-bond donors (Lipinski definition) is 0. The number of Topliss-reactive ketones (excluding diaryl/α,β-unsaturated/α-hetero) is 1. The van der Waals surface area contributed by atoms with Crippen molar-refractivity contribution in [2.24, 2.45) is 0 Å². The molecule has 0 aliphatic rings.